The normalized spacial score (nSPS) is 20.8. The van der Waals surface area contributed by atoms with Crippen LogP contribution in [0.25, 0.3) is 0 Å². The van der Waals surface area contributed by atoms with Gasteiger partial charge in [0.05, 0.1) is 19.6 Å². The van der Waals surface area contributed by atoms with E-state index < -0.39 is 5.41 Å². The van der Waals surface area contributed by atoms with Gasteiger partial charge >= 0.3 is 11.9 Å². The molecule has 0 aromatic rings. The number of carbonyl (C=O) groups excluding carboxylic acids is 4. The molecule has 1 aliphatic rings. The van der Waals surface area contributed by atoms with E-state index in [0.29, 0.717) is 5.75 Å². The van der Waals surface area contributed by atoms with Gasteiger partial charge in [0.25, 0.3) is 0 Å². The quantitative estimate of drug-likeness (QED) is 0.438. The summed E-state index contributed by atoms with van der Waals surface area (Å²) in [5.74, 6) is 0.0518. The predicted octanol–water partition coefficient (Wildman–Crippen LogP) is 1.79. The number of likely N-dealkylation sites (N-methyl/N-ethyl adjacent to an activating group) is 1. The summed E-state index contributed by atoms with van der Waals surface area (Å²) in [5, 5.41) is -0.119. The summed E-state index contributed by atoms with van der Waals surface area (Å²) < 4.78 is 9.15. The molecular formula is C16H29NO6S2. The number of rotatable bonds is 4. The largest absolute Gasteiger partial charge is 0.469 e. The number of methoxy groups -OCH3 is 2. The molecular weight excluding hydrogens is 366 g/mol. The van der Waals surface area contributed by atoms with Crippen molar-refractivity contribution in [2.45, 2.75) is 40.2 Å². The van der Waals surface area contributed by atoms with Crippen LogP contribution in [0, 0.1) is 5.41 Å². The van der Waals surface area contributed by atoms with Crippen molar-refractivity contribution in [3.8, 4) is 0 Å². The molecule has 1 aliphatic heterocycles. The molecule has 0 bridgehead atoms. The Balaban J connectivity index is 0. The lowest BCUT2D eigenvalue weighted by atomic mass is 9.97. The van der Waals surface area contributed by atoms with Crippen molar-refractivity contribution in [1.82, 2.24) is 4.90 Å². The van der Waals surface area contributed by atoms with E-state index in [4.69, 9.17) is 0 Å². The van der Waals surface area contributed by atoms with Crippen molar-refractivity contribution >= 4 is 46.6 Å². The molecule has 9 heteroatoms. The van der Waals surface area contributed by atoms with E-state index in [1.807, 2.05) is 18.9 Å². The van der Waals surface area contributed by atoms with Crippen LogP contribution in [0.2, 0.25) is 0 Å². The van der Waals surface area contributed by atoms with E-state index in [9.17, 15) is 19.2 Å². The number of ether oxygens (including phenoxy) is 2. The lowest BCUT2D eigenvalue weighted by Crippen LogP contribution is -2.28. The van der Waals surface area contributed by atoms with Gasteiger partial charge in [-0.1, -0.05) is 11.8 Å². The second-order valence-electron chi connectivity index (χ2n) is 6.30. The van der Waals surface area contributed by atoms with Gasteiger partial charge in [-0.15, -0.1) is 12.6 Å². The van der Waals surface area contributed by atoms with Crippen LogP contribution < -0.4 is 0 Å². The Bertz CT molecular complexity index is 491. The average Bonchev–Trinajstić information content (AvgIpc) is 3.12. The van der Waals surface area contributed by atoms with Crippen molar-refractivity contribution in [3.05, 3.63) is 0 Å². The molecule has 0 saturated carbocycles. The molecule has 1 saturated heterocycles. The molecule has 0 amide bonds. The first-order chi connectivity index (χ1) is 11.2. The van der Waals surface area contributed by atoms with Crippen LogP contribution in [0.1, 0.15) is 34.6 Å². The molecule has 0 spiro atoms. The van der Waals surface area contributed by atoms with Crippen molar-refractivity contribution in [3.63, 3.8) is 0 Å². The molecule has 1 rings (SSSR count). The van der Waals surface area contributed by atoms with E-state index in [1.165, 1.54) is 28.1 Å². The van der Waals surface area contributed by atoms with E-state index in [-0.39, 0.29) is 27.7 Å². The zero-order valence-electron chi connectivity index (χ0n) is 16.2. The highest BCUT2D eigenvalue weighted by Crippen LogP contribution is 2.29. The molecule has 0 aromatic heterocycles. The first kappa shape index (κ1) is 26.2. The number of thioether (sulfide) groups is 1. The molecule has 146 valence electrons. The van der Waals surface area contributed by atoms with Crippen molar-refractivity contribution in [2.24, 2.45) is 5.41 Å². The maximum absolute atomic E-state index is 11.1. The standard InChI is InChI=1S/C8H14O3S.C6H11NO2.C2H4OS/c1-6(9)12-5-8(2,3)7(10)11-4;1-6(4-7(6)2)5(8)9-3;1-2(3)4/h5H2,1-4H3;4H2,1-3H3;1H3,(H,3,4). The van der Waals surface area contributed by atoms with E-state index >= 15 is 0 Å². The molecule has 1 fully saturated rings. The van der Waals surface area contributed by atoms with Gasteiger partial charge in [0.15, 0.2) is 10.2 Å². The minimum Gasteiger partial charge on any atom is -0.469 e. The number of carbonyl (C=O) groups is 4. The lowest BCUT2D eigenvalue weighted by molar-refractivity contribution is -0.149. The van der Waals surface area contributed by atoms with Gasteiger partial charge in [0.2, 0.25) is 0 Å². The molecule has 0 radical (unpaired) electrons. The Labute approximate surface area is 159 Å². The fraction of sp³-hybridized carbons (Fsp3) is 0.750. The topological polar surface area (TPSA) is 89.8 Å². The van der Waals surface area contributed by atoms with E-state index in [1.54, 1.807) is 13.8 Å². The zero-order valence-corrected chi connectivity index (χ0v) is 17.9. The Hall–Kier alpha value is -1.06. The second kappa shape index (κ2) is 11.5. The molecule has 0 N–H and O–H groups in total. The third-order valence-electron chi connectivity index (χ3n) is 3.28. The Morgan fingerprint density at radius 2 is 1.56 bits per heavy atom. The summed E-state index contributed by atoms with van der Waals surface area (Å²) in [6, 6.07) is 0. The number of hydrogen-bond acceptors (Lipinski definition) is 8. The maximum atomic E-state index is 11.1. The summed E-state index contributed by atoms with van der Waals surface area (Å²) in [6.45, 7) is 9.09. The first-order valence-corrected chi connectivity index (χ1v) is 8.88. The third kappa shape index (κ3) is 11.2. The van der Waals surface area contributed by atoms with Crippen molar-refractivity contribution < 1.29 is 28.7 Å². The highest BCUT2D eigenvalue weighted by atomic mass is 32.2. The summed E-state index contributed by atoms with van der Waals surface area (Å²) in [4.78, 5) is 43.8. The molecule has 2 atom stereocenters. The van der Waals surface area contributed by atoms with Gasteiger partial charge in [-0.05, 0) is 27.8 Å². The molecule has 25 heavy (non-hydrogen) atoms. The first-order valence-electron chi connectivity index (χ1n) is 7.45. The summed E-state index contributed by atoms with van der Waals surface area (Å²) >= 11 is 4.47. The second-order valence-corrected chi connectivity index (χ2v) is 8.08. The maximum Gasteiger partial charge on any atom is 0.327 e. The minimum atomic E-state index is -0.578. The van der Waals surface area contributed by atoms with E-state index in [0.717, 1.165) is 18.3 Å². The predicted molar refractivity (Wildman–Crippen MR) is 102 cm³/mol. The molecule has 2 unspecified atom stereocenters. The van der Waals surface area contributed by atoms with Crippen LogP contribution in [-0.2, 0) is 28.7 Å². The Kier molecular flexibility index (Phi) is 12.1. The molecule has 7 nitrogen and oxygen atoms in total. The number of nitrogens with zero attached hydrogens (tertiary/aromatic N) is 1. The summed E-state index contributed by atoms with van der Waals surface area (Å²) in [6.07, 6.45) is 0. The smallest absolute Gasteiger partial charge is 0.327 e. The fourth-order valence-electron chi connectivity index (χ4n) is 1.48. The van der Waals surface area contributed by atoms with Gasteiger partial charge in [-0.2, -0.15) is 0 Å². The van der Waals surface area contributed by atoms with Gasteiger partial charge in [-0.25, -0.2) is 0 Å². The van der Waals surface area contributed by atoms with Gasteiger partial charge < -0.3 is 9.47 Å². The van der Waals surface area contributed by atoms with Crippen LogP contribution in [0.15, 0.2) is 0 Å². The van der Waals surface area contributed by atoms with Crippen LogP contribution in [0.5, 0.6) is 0 Å². The summed E-state index contributed by atoms with van der Waals surface area (Å²) in [5.41, 5.74) is -0.889. The monoisotopic (exact) mass is 395 g/mol. The zero-order chi connectivity index (χ0) is 20.4. The van der Waals surface area contributed by atoms with E-state index in [2.05, 4.69) is 22.1 Å². The number of thiol groups is 1. The molecule has 1 heterocycles. The highest BCUT2D eigenvalue weighted by Gasteiger charge is 2.52. The van der Waals surface area contributed by atoms with Crippen molar-refractivity contribution in [1.29, 1.82) is 0 Å². The SMILES string of the molecule is CC(=O)S.COC(=O)C(C)(C)CSC(C)=O.COC(=O)C1(C)CN1C. The van der Waals surface area contributed by atoms with Crippen molar-refractivity contribution in [2.75, 3.05) is 33.6 Å². The number of hydrogen-bond donors (Lipinski definition) is 1. The van der Waals surface area contributed by atoms with Gasteiger partial charge in [0.1, 0.15) is 5.54 Å². The number of esters is 2. The minimum absolute atomic E-state index is 0.0204. The average molecular weight is 396 g/mol. The van der Waals surface area contributed by atoms with Crippen LogP contribution in [-0.4, -0.2) is 66.2 Å². The fourth-order valence-corrected chi connectivity index (χ4v) is 2.17. The van der Waals surface area contributed by atoms with Gasteiger partial charge in [-0.3, -0.25) is 24.1 Å². The van der Waals surface area contributed by atoms with Crippen LogP contribution >= 0.6 is 24.4 Å². The third-order valence-corrected chi connectivity index (χ3v) is 4.56. The Morgan fingerprint density at radius 3 is 1.76 bits per heavy atom. The summed E-state index contributed by atoms with van der Waals surface area (Å²) in [7, 11) is 4.67. The van der Waals surface area contributed by atoms with Crippen LogP contribution in [0.3, 0.4) is 0 Å². The highest BCUT2D eigenvalue weighted by molar-refractivity contribution is 8.13. The Morgan fingerprint density at radius 1 is 1.16 bits per heavy atom. The molecule has 0 aromatic carbocycles. The van der Waals surface area contributed by atoms with Gasteiger partial charge in [0, 0.05) is 26.1 Å². The lowest BCUT2D eigenvalue weighted by Gasteiger charge is -2.19. The van der Waals surface area contributed by atoms with Crippen LogP contribution in [0.4, 0.5) is 0 Å². The molecule has 0 aliphatic carbocycles.